The molecule has 0 rings (SSSR count). The molecule has 0 aliphatic carbocycles. The zero-order valence-corrected chi connectivity index (χ0v) is 9.91. The van der Waals surface area contributed by atoms with Gasteiger partial charge in [-0.25, -0.2) is 0 Å². The highest BCUT2D eigenvalue weighted by atomic mass is 35.6. The average Bonchev–Trinajstić information content (AvgIpc) is 2.03. The molecule has 0 saturated carbocycles. The first-order valence-electron chi connectivity index (χ1n) is 4.97. The van der Waals surface area contributed by atoms with Crippen LogP contribution in [0.2, 0.25) is 6.04 Å². The predicted molar refractivity (Wildman–Crippen MR) is 57.2 cm³/mol. The summed E-state index contributed by atoms with van der Waals surface area (Å²) in [5.41, 5.74) is 0. The molecule has 0 N–H and O–H groups in total. The van der Waals surface area contributed by atoms with Gasteiger partial charge in [0.15, 0.2) is 0 Å². The standard InChI is InChI=1S/C9H21ClSi/c1-2-3-4-5-6-7-8-9-11-10/h2-9,11H2,1H3. The minimum Gasteiger partial charge on any atom is -0.176 e. The van der Waals surface area contributed by atoms with E-state index < -0.39 is 0 Å². The first-order valence-corrected chi connectivity index (χ1v) is 8.11. The summed E-state index contributed by atoms with van der Waals surface area (Å²) in [5, 5.41) is 0. The summed E-state index contributed by atoms with van der Waals surface area (Å²) in [6, 6.07) is 1.34. The Kier molecular flexibility index (Phi) is 11.0. The van der Waals surface area contributed by atoms with Gasteiger partial charge < -0.3 is 0 Å². The van der Waals surface area contributed by atoms with Crippen molar-refractivity contribution < 1.29 is 0 Å². The van der Waals surface area contributed by atoms with Crippen LogP contribution in [0.3, 0.4) is 0 Å². The molecule has 0 aliphatic rings. The highest BCUT2D eigenvalue weighted by molar-refractivity contribution is 6.93. The molecule has 0 saturated heterocycles. The molecule has 0 fully saturated rings. The molecule has 0 atom stereocenters. The summed E-state index contributed by atoms with van der Waals surface area (Å²) in [4.78, 5) is 0. The van der Waals surface area contributed by atoms with E-state index in [9.17, 15) is 0 Å². The fraction of sp³-hybridized carbons (Fsp3) is 1.00. The van der Waals surface area contributed by atoms with E-state index in [1.807, 2.05) is 0 Å². The van der Waals surface area contributed by atoms with E-state index in [-0.39, 0.29) is 8.83 Å². The van der Waals surface area contributed by atoms with Gasteiger partial charge >= 0.3 is 0 Å². The lowest BCUT2D eigenvalue weighted by Gasteiger charge is -1.98. The molecule has 0 bridgehead atoms. The molecule has 0 aliphatic heterocycles. The molecule has 11 heavy (non-hydrogen) atoms. The molecule has 0 aromatic heterocycles. The van der Waals surface area contributed by atoms with E-state index in [0.29, 0.717) is 0 Å². The molecular formula is C9H21ClSi. The Morgan fingerprint density at radius 2 is 1.45 bits per heavy atom. The Labute approximate surface area is 78.2 Å². The topological polar surface area (TPSA) is 0 Å². The van der Waals surface area contributed by atoms with Crippen LogP contribution in [0.15, 0.2) is 0 Å². The second-order valence-corrected chi connectivity index (χ2v) is 5.38. The molecule has 0 heterocycles. The zero-order valence-electron chi connectivity index (χ0n) is 7.74. The molecule has 0 spiro atoms. The van der Waals surface area contributed by atoms with E-state index in [1.54, 1.807) is 0 Å². The molecule has 0 unspecified atom stereocenters. The number of rotatable bonds is 8. The quantitative estimate of drug-likeness (QED) is 0.314. The zero-order chi connectivity index (χ0) is 8.36. The predicted octanol–water partition coefficient (Wildman–Crippen LogP) is 3.48. The second-order valence-electron chi connectivity index (χ2n) is 3.16. The van der Waals surface area contributed by atoms with Gasteiger partial charge in [0.2, 0.25) is 0 Å². The summed E-state index contributed by atoms with van der Waals surface area (Å²) in [7, 11) is -0.158. The number of unbranched alkanes of at least 4 members (excludes halogenated alkanes) is 6. The Hall–Kier alpha value is 0.507. The van der Waals surface area contributed by atoms with Crippen LogP contribution < -0.4 is 0 Å². The highest BCUT2D eigenvalue weighted by Crippen LogP contribution is 2.08. The van der Waals surface area contributed by atoms with Gasteiger partial charge in [0, 0.05) is 0 Å². The van der Waals surface area contributed by atoms with Crippen LogP contribution in [0.1, 0.15) is 51.9 Å². The fourth-order valence-electron chi connectivity index (χ4n) is 1.23. The van der Waals surface area contributed by atoms with Crippen LogP contribution in [-0.4, -0.2) is 8.83 Å². The average molecular weight is 193 g/mol. The maximum absolute atomic E-state index is 5.70. The number of hydrogen-bond donors (Lipinski definition) is 0. The Bertz CT molecular complexity index is 58.6. The summed E-state index contributed by atoms with van der Waals surface area (Å²) in [6.07, 6.45) is 9.90. The number of hydrogen-bond acceptors (Lipinski definition) is 0. The third kappa shape index (κ3) is 10.5. The highest BCUT2D eigenvalue weighted by Gasteiger charge is 1.89. The summed E-state index contributed by atoms with van der Waals surface area (Å²) in [5.74, 6) is 0. The van der Waals surface area contributed by atoms with Crippen molar-refractivity contribution in [2.45, 2.75) is 57.9 Å². The Morgan fingerprint density at radius 1 is 0.909 bits per heavy atom. The molecule has 2 heteroatoms. The lowest BCUT2D eigenvalue weighted by Crippen LogP contribution is -1.81. The van der Waals surface area contributed by atoms with E-state index >= 15 is 0 Å². The van der Waals surface area contributed by atoms with Gasteiger partial charge in [-0.3, -0.25) is 0 Å². The van der Waals surface area contributed by atoms with Crippen LogP contribution in [0.4, 0.5) is 0 Å². The third-order valence-electron chi connectivity index (χ3n) is 1.99. The van der Waals surface area contributed by atoms with Gasteiger partial charge in [-0.15, -0.1) is 0 Å². The van der Waals surface area contributed by atoms with Crippen LogP contribution in [0.5, 0.6) is 0 Å². The first-order chi connectivity index (χ1) is 5.41. The van der Waals surface area contributed by atoms with Gasteiger partial charge in [-0.1, -0.05) is 51.9 Å². The van der Waals surface area contributed by atoms with E-state index in [4.69, 9.17) is 11.1 Å². The molecule has 68 valence electrons. The summed E-state index contributed by atoms with van der Waals surface area (Å²) >= 11 is 5.70. The van der Waals surface area contributed by atoms with Crippen LogP contribution >= 0.6 is 11.1 Å². The molecule has 0 aromatic carbocycles. The van der Waals surface area contributed by atoms with Crippen LogP contribution in [-0.2, 0) is 0 Å². The van der Waals surface area contributed by atoms with Crippen molar-refractivity contribution >= 4 is 19.9 Å². The van der Waals surface area contributed by atoms with Crippen LogP contribution in [0, 0.1) is 0 Å². The van der Waals surface area contributed by atoms with Crippen molar-refractivity contribution in [2.75, 3.05) is 0 Å². The molecule has 0 nitrogen and oxygen atoms in total. The van der Waals surface area contributed by atoms with Gasteiger partial charge in [0.25, 0.3) is 0 Å². The first kappa shape index (κ1) is 11.5. The SMILES string of the molecule is CCCCCCCCC[SiH2]Cl. The van der Waals surface area contributed by atoms with Gasteiger partial charge in [-0.2, -0.15) is 11.1 Å². The van der Waals surface area contributed by atoms with Gasteiger partial charge in [0.1, 0.15) is 8.83 Å². The maximum atomic E-state index is 5.70. The van der Waals surface area contributed by atoms with Crippen molar-refractivity contribution in [3.63, 3.8) is 0 Å². The normalized spacial score (nSPS) is 11.5. The Morgan fingerprint density at radius 3 is 2.00 bits per heavy atom. The lowest BCUT2D eigenvalue weighted by atomic mass is 10.1. The smallest absolute Gasteiger partial charge is 0.125 e. The number of halogens is 1. The molecule has 0 aromatic rings. The second kappa shape index (κ2) is 10.5. The van der Waals surface area contributed by atoms with Crippen molar-refractivity contribution in [2.24, 2.45) is 0 Å². The van der Waals surface area contributed by atoms with Crippen molar-refractivity contribution in [1.82, 2.24) is 0 Å². The molecular weight excluding hydrogens is 172 g/mol. The minimum atomic E-state index is -0.158. The molecule has 0 radical (unpaired) electrons. The van der Waals surface area contributed by atoms with E-state index in [1.165, 1.54) is 51.0 Å². The largest absolute Gasteiger partial charge is 0.176 e. The summed E-state index contributed by atoms with van der Waals surface area (Å²) < 4.78 is 0. The maximum Gasteiger partial charge on any atom is 0.125 e. The van der Waals surface area contributed by atoms with Crippen molar-refractivity contribution in [1.29, 1.82) is 0 Å². The van der Waals surface area contributed by atoms with E-state index in [2.05, 4.69) is 6.92 Å². The van der Waals surface area contributed by atoms with Crippen LogP contribution in [0.25, 0.3) is 0 Å². The Balaban J connectivity index is 2.69. The van der Waals surface area contributed by atoms with Crippen molar-refractivity contribution in [3.05, 3.63) is 0 Å². The molecule has 0 amide bonds. The third-order valence-corrected chi connectivity index (χ3v) is 3.56. The summed E-state index contributed by atoms with van der Waals surface area (Å²) in [6.45, 7) is 2.26. The lowest BCUT2D eigenvalue weighted by molar-refractivity contribution is 0.602. The van der Waals surface area contributed by atoms with E-state index in [0.717, 1.165) is 0 Å². The van der Waals surface area contributed by atoms with Gasteiger partial charge in [0.05, 0.1) is 0 Å². The minimum absolute atomic E-state index is 0.158. The monoisotopic (exact) mass is 192 g/mol. The van der Waals surface area contributed by atoms with Gasteiger partial charge in [-0.05, 0) is 6.04 Å². The fourth-order valence-corrected chi connectivity index (χ4v) is 2.34. The van der Waals surface area contributed by atoms with Crippen molar-refractivity contribution in [3.8, 4) is 0 Å².